The number of benzene rings is 1. The van der Waals surface area contributed by atoms with Crippen molar-refractivity contribution in [3.8, 4) is 0 Å². The molecule has 0 atom stereocenters. The van der Waals surface area contributed by atoms with Gasteiger partial charge in [-0.15, -0.1) is 0 Å². The highest BCUT2D eigenvalue weighted by Gasteiger charge is 2.28. The van der Waals surface area contributed by atoms with E-state index in [-0.39, 0.29) is 11.7 Å². The highest BCUT2D eigenvalue weighted by Crippen LogP contribution is 2.30. The van der Waals surface area contributed by atoms with Crippen LogP contribution in [-0.2, 0) is 0 Å². The molecule has 0 fully saturated rings. The topological polar surface area (TPSA) is 50.3 Å². The minimum Gasteiger partial charge on any atom is -0.306 e. The Morgan fingerprint density at radius 1 is 1.25 bits per heavy atom. The summed E-state index contributed by atoms with van der Waals surface area (Å²) in [6.45, 7) is 0.364. The summed E-state index contributed by atoms with van der Waals surface area (Å²) in [5, 5.41) is 0.490. The van der Waals surface area contributed by atoms with Crippen molar-refractivity contribution in [3.63, 3.8) is 0 Å². The molecule has 1 aliphatic heterocycles. The Hall–Kier alpha value is -2.20. The molecule has 1 aromatic heterocycles. The molecule has 0 spiro atoms. The van der Waals surface area contributed by atoms with Gasteiger partial charge in [0.15, 0.2) is 5.78 Å². The summed E-state index contributed by atoms with van der Waals surface area (Å²) < 4.78 is 0. The van der Waals surface area contributed by atoms with Gasteiger partial charge in [0.2, 0.25) is 0 Å². The Balaban J connectivity index is 2.03. The van der Waals surface area contributed by atoms with Crippen LogP contribution >= 0.6 is 11.6 Å². The number of carbonyl (C=O) groups is 2. The Labute approximate surface area is 121 Å². The largest absolute Gasteiger partial charge is 0.306 e. The molecule has 0 radical (unpaired) electrons. The number of rotatable bonds is 1. The van der Waals surface area contributed by atoms with E-state index in [0.29, 0.717) is 34.9 Å². The second-order valence-electron chi connectivity index (χ2n) is 4.51. The molecule has 20 heavy (non-hydrogen) atoms. The standard InChI is InChI=1S/C15H11ClN2O2/c16-10-4-5-13-11(9-10)14(19)6-8-18(13)15(20)12-3-1-2-7-17-12/h1-5,7,9H,6,8H2. The maximum Gasteiger partial charge on any atom is 0.276 e. The van der Waals surface area contributed by atoms with Crippen molar-refractivity contribution in [2.24, 2.45) is 0 Å². The van der Waals surface area contributed by atoms with Gasteiger partial charge in [0, 0.05) is 29.7 Å². The number of carbonyl (C=O) groups excluding carboxylic acids is 2. The number of amides is 1. The zero-order valence-corrected chi connectivity index (χ0v) is 11.3. The lowest BCUT2D eigenvalue weighted by Gasteiger charge is -2.28. The van der Waals surface area contributed by atoms with E-state index < -0.39 is 0 Å². The monoisotopic (exact) mass is 286 g/mol. The number of pyridine rings is 1. The van der Waals surface area contributed by atoms with Crippen molar-refractivity contribution in [1.29, 1.82) is 0 Å². The SMILES string of the molecule is O=C1CCN(C(=O)c2ccccn2)c2ccc(Cl)cc21. The Bertz CT molecular complexity index is 686. The van der Waals surface area contributed by atoms with Crippen LogP contribution in [0.1, 0.15) is 27.3 Å². The summed E-state index contributed by atoms with van der Waals surface area (Å²) in [6.07, 6.45) is 1.87. The molecular weight excluding hydrogens is 276 g/mol. The fraction of sp³-hybridized carbons (Fsp3) is 0.133. The first kappa shape index (κ1) is 12.8. The molecule has 0 unspecified atom stereocenters. The van der Waals surface area contributed by atoms with Crippen LogP contribution < -0.4 is 4.90 Å². The van der Waals surface area contributed by atoms with E-state index in [2.05, 4.69) is 4.98 Å². The number of hydrogen-bond donors (Lipinski definition) is 0. The lowest BCUT2D eigenvalue weighted by Crippen LogP contribution is -2.37. The van der Waals surface area contributed by atoms with Crippen molar-refractivity contribution in [3.05, 3.63) is 58.9 Å². The van der Waals surface area contributed by atoms with Crippen molar-refractivity contribution in [2.45, 2.75) is 6.42 Å². The minimum atomic E-state index is -0.207. The van der Waals surface area contributed by atoms with E-state index >= 15 is 0 Å². The summed E-state index contributed by atoms with van der Waals surface area (Å²) in [5.41, 5.74) is 1.46. The molecule has 1 aliphatic rings. The third-order valence-electron chi connectivity index (χ3n) is 3.24. The zero-order valence-electron chi connectivity index (χ0n) is 10.5. The normalized spacial score (nSPS) is 14.1. The molecule has 4 nitrogen and oxygen atoms in total. The first-order chi connectivity index (χ1) is 9.66. The van der Waals surface area contributed by atoms with Crippen LogP contribution in [0.4, 0.5) is 5.69 Å². The number of halogens is 1. The number of aromatic nitrogens is 1. The molecule has 0 N–H and O–H groups in total. The number of anilines is 1. The summed E-state index contributed by atoms with van der Waals surface area (Å²) in [5.74, 6) is -0.200. The maximum atomic E-state index is 12.5. The summed E-state index contributed by atoms with van der Waals surface area (Å²) in [7, 11) is 0. The van der Waals surface area contributed by atoms with E-state index in [4.69, 9.17) is 11.6 Å². The first-order valence-electron chi connectivity index (χ1n) is 6.22. The molecule has 0 bridgehead atoms. The summed E-state index contributed by atoms with van der Waals surface area (Å²) in [6, 6.07) is 10.2. The van der Waals surface area contributed by atoms with Gasteiger partial charge < -0.3 is 4.90 Å². The zero-order chi connectivity index (χ0) is 14.1. The van der Waals surface area contributed by atoms with Crippen LogP contribution in [0.25, 0.3) is 0 Å². The summed E-state index contributed by atoms with van der Waals surface area (Å²) >= 11 is 5.92. The van der Waals surface area contributed by atoms with E-state index in [0.717, 1.165) is 0 Å². The number of fused-ring (bicyclic) bond motifs is 1. The van der Waals surface area contributed by atoms with Gasteiger partial charge in [-0.3, -0.25) is 14.6 Å². The van der Waals surface area contributed by atoms with Gasteiger partial charge in [0.1, 0.15) is 5.69 Å². The van der Waals surface area contributed by atoms with E-state index in [1.165, 1.54) is 0 Å². The van der Waals surface area contributed by atoms with Crippen molar-refractivity contribution < 1.29 is 9.59 Å². The number of nitrogens with zero attached hydrogens (tertiary/aromatic N) is 2. The molecule has 0 saturated carbocycles. The van der Waals surface area contributed by atoms with Gasteiger partial charge in [-0.05, 0) is 30.3 Å². The molecule has 2 heterocycles. The van der Waals surface area contributed by atoms with Gasteiger partial charge in [0.05, 0.1) is 5.69 Å². The Kier molecular flexibility index (Phi) is 3.24. The highest BCUT2D eigenvalue weighted by molar-refractivity contribution is 6.31. The van der Waals surface area contributed by atoms with Crippen LogP contribution in [0.15, 0.2) is 42.6 Å². The average molecular weight is 287 g/mol. The fourth-order valence-electron chi connectivity index (χ4n) is 2.27. The first-order valence-corrected chi connectivity index (χ1v) is 6.60. The van der Waals surface area contributed by atoms with E-state index in [9.17, 15) is 9.59 Å². The molecule has 3 rings (SSSR count). The lowest BCUT2D eigenvalue weighted by molar-refractivity contribution is 0.0952. The molecule has 0 aliphatic carbocycles. The Morgan fingerprint density at radius 2 is 2.10 bits per heavy atom. The van der Waals surface area contributed by atoms with Crippen molar-refractivity contribution in [2.75, 3.05) is 11.4 Å². The third-order valence-corrected chi connectivity index (χ3v) is 3.48. The number of hydrogen-bond acceptors (Lipinski definition) is 3. The number of Topliss-reactive ketones (excluding diaryl/α,β-unsaturated/α-hetero) is 1. The number of ketones is 1. The van der Waals surface area contributed by atoms with E-state index in [1.807, 2.05) is 0 Å². The van der Waals surface area contributed by atoms with Crippen LogP contribution in [0.5, 0.6) is 0 Å². The summed E-state index contributed by atoms with van der Waals surface area (Å²) in [4.78, 5) is 30.0. The Morgan fingerprint density at radius 3 is 2.85 bits per heavy atom. The van der Waals surface area contributed by atoms with Crippen LogP contribution in [0.2, 0.25) is 5.02 Å². The van der Waals surface area contributed by atoms with Gasteiger partial charge in [-0.2, -0.15) is 0 Å². The molecule has 5 heteroatoms. The van der Waals surface area contributed by atoms with Gasteiger partial charge in [-0.25, -0.2) is 0 Å². The molecule has 0 saturated heterocycles. The van der Waals surface area contributed by atoms with Crippen LogP contribution in [0, 0.1) is 0 Å². The fourth-order valence-corrected chi connectivity index (χ4v) is 2.45. The smallest absolute Gasteiger partial charge is 0.276 e. The van der Waals surface area contributed by atoms with E-state index in [1.54, 1.807) is 47.5 Å². The lowest BCUT2D eigenvalue weighted by atomic mass is 10.00. The van der Waals surface area contributed by atoms with Gasteiger partial charge in [-0.1, -0.05) is 17.7 Å². The second-order valence-corrected chi connectivity index (χ2v) is 4.94. The molecule has 2 aromatic rings. The van der Waals surface area contributed by atoms with Crippen molar-refractivity contribution >= 4 is 29.0 Å². The minimum absolute atomic E-state index is 0.00701. The third kappa shape index (κ3) is 2.18. The highest BCUT2D eigenvalue weighted by atomic mass is 35.5. The van der Waals surface area contributed by atoms with Crippen LogP contribution in [-0.4, -0.2) is 23.2 Å². The predicted octanol–water partition coefficient (Wildman–Crippen LogP) is 2.97. The van der Waals surface area contributed by atoms with Crippen LogP contribution in [0.3, 0.4) is 0 Å². The predicted molar refractivity (Wildman–Crippen MR) is 76.3 cm³/mol. The molecule has 100 valence electrons. The molecule has 1 aromatic carbocycles. The van der Waals surface area contributed by atoms with Gasteiger partial charge >= 0.3 is 0 Å². The quantitative estimate of drug-likeness (QED) is 0.810. The van der Waals surface area contributed by atoms with Crippen molar-refractivity contribution in [1.82, 2.24) is 4.98 Å². The van der Waals surface area contributed by atoms with Gasteiger partial charge in [0.25, 0.3) is 5.91 Å². The second kappa shape index (κ2) is 5.06. The average Bonchev–Trinajstić information content (AvgIpc) is 2.48. The molecular formula is C15H11ClN2O2. The maximum absolute atomic E-state index is 12.5. The molecule has 1 amide bonds.